The number of fused-ring (bicyclic) bond motifs is 1. The Morgan fingerprint density at radius 3 is 2.57 bits per heavy atom. The van der Waals surface area contributed by atoms with Gasteiger partial charge in [-0.05, 0) is 32.6 Å². The van der Waals surface area contributed by atoms with E-state index in [0.717, 1.165) is 51.2 Å². The number of aliphatic hydroxyl groups is 1. The Morgan fingerprint density at radius 2 is 1.85 bits per heavy atom. The predicted octanol–water partition coefficient (Wildman–Crippen LogP) is 3.62. The molecule has 13 nitrogen and oxygen atoms in total. The van der Waals surface area contributed by atoms with Crippen molar-refractivity contribution in [3.05, 3.63) is 48.1 Å². The van der Waals surface area contributed by atoms with E-state index in [9.17, 15) is 33.9 Å². The molecule has 14 heteroatoms. The molecule has 4 amide bonds. The second-order valence-corrected chi connectivity index (χ2v) is 11.7. The van der Waals surface area contributed by atoms with E-state index in [1.54, 1.807) is 13.0 Å². The molecule has 6 atom stereocenters. The highest BCUT2D eigenvalue weighted by atomic mass is 35.5. The maximum Gasteiger partial charge on any atom is 0.414 e. The number of ether oxygens (including phenoxy) is 4. The fourth-order valence-corrected chi connectivity index (χ4v) is 4.90. The summed E-state index contributed by atoms with van der Waals surface area (Å²) in [4.78, 5) is 72.9. The normalized spacial score (nSPS) is 25.9. The maximum atomic E-state index is 12.8. The van der Waals surface area contributed by atoms with Gasteiger partial charge >= 0.3 is 18.0 Å². The molecular formula is C33H45ClN2O11. The summed E-state index contributed by atoms with van der Waals surface area (Å²) >= 11 is 6.49. The van der Waals surface area contributed by atoms with Gasteiger partial charge in [-0.3, -0.25) is 29.8 Å². The van der Waals surface area contributed by atoms with Gasteiger partial charge in [0.05, 0.1) is 18.1 Å². The molecule has 260 valence electrons. The van der Waals surface area contributed by atoms with Crippen molar-refractivity contribution >= 4 is 47.4 Å². The first-order valence-corrected chi connectivity index (χ1v) is 16.2. The Bertz CT molecular complexity index is 1230. The number of esters is 2. The van der Waals surface area contributed by atoms with Gasteiger partial charge in [-0.15, -0.1) is 11.6 Å². The lowest BCUT2D eigenvalue weighted by molar-refractivity contribution is -0.160. The minimum atomic E-state index is -1.64. The fraction of sp³-hybridized carbons (Fsp3) is 0.576. The number of epoxide rings is 1. The van der Waals surface area contributed by atoms with E-state index in [1.165, 1.54) is 24.3 Å². The Hall–Kier alpha value is -3.81. The molecule has 0 aromatic heterocycles. The largest absolute Gasteiger partial charge is 0.465 e. The summed E-state index contributed by atoms with van der Waals surface area (Å²) in [6.07, 6.45) is 7.88. The number of alkyl halides is 1. The molecule has 0 radical (unpaired) electrons. The number of carbonyl (C=O) groups is 6. The van der Waals surface area contributed by atoms with Crippen LogP contribution in [0.25, 0.3) is 0 Å². The molecule has 0 bridgehead atoms. The number of carbonyl (C=O) groups excluding carboxylic acids is 6. The molecule has 1 saturated heterocycles. The summed E-state index contributed by atoms with van der Waals surface area (Å²) in [5, 5.41) is 14.3. The molecule has 2 heterocycles. The number of nitrogens with one attached hydrogen (secondary N) is 2. The SMILES string of the molecule is CCCCCCCC(=O)OCC/C=C/C(Cl)[C@H](O)[C@@H]1OC(=O)/C=C\C=C\C(=O)NC(=O)/C=C(/C)CC[C@@H]2O[C@H]2[C@H]1OC(=O)NC(C)=O. The standard InChI is InChI=1S/C33H45ClN2O11/c1-4-5-6-7-8-15-27(40)44-19-12-11-13-23(34)29(42)31-32(47-33(43)35-22(3)37)30-24(45-30)18-17-21(2)20-26(39)36-25(38)14-9-10-16-28(41)46-31/h9-11,13-14,16,20,23-24,29-32,42H,4-8,12,15,17-19H2,1-3H3,(H,35,37,43)(H,36,38,39)/b13-11+,14-9+,16-10-,21-20-/t23?,24-,29-,30+,31-,32+/m0/s1. The van der Waals surface area contributed by atoms with Gasteiger partial charge in [-0.1, -0.05) is 62.5 Å². The van der Waals surface area contributed by atoms with Crippen molar-refractivity contribution in [2.45, 2.75) is 114 Å². The first kappa shape index (κ1) is 39.4. The van der Waals surface area contributed by atoms with E-state index in [-0.39, 0.29) is 12.6 Å². The van der Waals surface area contributed by atoms with Gasteiger partial charge < -0.3 is 24.1 Å². The molecule has 0 saturated carbocycles. The van der Waals surface area contributed by atoms with Crippen molar-refractivity contribution < 1.29 is 52.8 Å². The smallest absolute Gasteiger partial charge is 0.414 e. The van der Waals surface area contributed by atoms with Crippen LogP contribution in [-0.2, 0) is 42.9 Å². The summed E-state index contributed by atoms with van der Waals surface area (Å²) in [6, 6.07) is 0. The summed E-state index contributed by atoms with van der Waals surface area (Å²) in [6.45, 7) is 5.01. The fourth-order valence-electron chi connectivity index (χ4n) is 4.65. The van der Waals surface area contributed by atoms with Crippen LogP contribution >= 0.6 is 11.6 Å². The molecule has 0 aromatic rings. The number of amides is 4. The number of alkyl carbamates (subject to hydrolysis) is 1. The third kappa shape index (κ3) is 16.0. The van der Waals surface area contributed by atoms with Crippen molar-refractivity contribution in [3.63, 3.8) is 0 Å². The Morgan fingerprint density at radius 1 is 1.13 bits per heavy atom. The van der Waals surface area contributed by atoms with Gasteiger partial charge in [-0.2, -0.15) is 0 Å². The number of halogens is 1. The average Bonchev–Trinajstić information content (AvgIpc) is 3.77. The lowest BCUT2D eigenvalue weighted by Crippen LogP contribution is -2.51. The Balaban J connectivity index is 2.20. The summed E-state index contributed by atoms with van der Waals surface area (Å²) in [7, 11) is 0. The van der Waals surface area contributed by atoms with Gasteiger partial charge in [0, 0.05) is 31.6 Å². The van der Waals surface area contributed by atoms with Crippen molar-refractivity contribution in [1.82, 2.24) is 10.6 Å². The van der Waals surface area contributed by atoms with E-state index >= 15 is 0 Å². The minimum absolute atomic E-state index is 0.104. The third-order valence-electron chi connectivity index (χ3n) is 7.10. The quantitative estimate of drug-likeness (QED) is 0.0490. The Labute approximate surface area is 279 Å². The van der Waals surface area contributed by atoms with Crippen LogP contribution < -0.4 is 10.6 Å². The van der Waals surface area contributed by atoms with Crippen LogP contribution in [0.2, 0.25) is 0 Å². The second-order valence-electron chi connectivity index (χ2n) is 11.2. The van der Waals surface area contributed by atoms with Crippen LogP contribution in [0.5, 0.6) is 0 Å². The van der Waals surface area contributed by atoms with E-state index < -0.39 is 65.7 Å². The first-order valence-electron chi connectivity index (χ1n) is 15.8. The van der Waals surface area contributed by atoms with E-state index in [1.807, 2.05) is 5.32 Å². The lowest BCUT2D eigenvalue weighted by Gasteiger charge is -2.30. The monoisotopic (exact) mass is 680 g/mol. The zero-order chi connectivity index (χ0) is 34.8. The zero-order valence-electron chi connectivity index (χ0n) is 27.0. The lowest BCUT2D eigenvalue weighted by atomic mass is 9.98. The van der Waals surface area contributed by atoms with Gasteiger partial charge in [0.25, 0.3) is 11.8 Å². The van der Waals surface area contributed by atoms with Crippen molar-refractivity contribution in [2.24, 2.45) is 0 Å². The molecule has 0 aromatic carbocycles. The molecule has 2 aliphatic rings. The van der Waals surface area contributed by atoms with Crippen LogP contribution in [0.1, 0.15) is 78.6 Å². The number of cyclic esters (lactones) is 1. The molecule has 0 aliphatic carbocycles. The number of allylic oxidation sites excluding steroid dienone is 3. The second kappa shape index (κ2) is 21.1. The third-order valence-corrected chi connectivity index (χ3v) is 7.50. The number of aliphatic hydroxyl groups excluding tert-OH is 1. The van der Waals surface area contributed by atoms with Crippen LogP contribution in [0.4, 0.5) is 4.79 Å². The highest BCUT2D eigenvalue weighted by Crippen LogP contribution is 2.36. The number of imide groups is 2. The van der Waals surface area contributed by atoms with Gasteiger partial charge in [0.15, 0.2) is 12.2 Å². The molecule has 1 unspecified atom stereocenters. The van der Waals surface area contributed by atoms with Crippen molar-refractivity contribution in [3.8, 4) is 0 Å². The molecule has 2 aliphatic heterocycles. The maximum absolute atomic E-state index is 12.8. The van der Waals surface area contributed by atoms with Crippen LogP contribution in [0.15, 0.2) is 48.1 Å². The minimum Gasteiger partial charge on any atom is -0.465 e. The van der Waals surface area contributed by atoms with Gasteiger partial charge in [0.1, 0.15) is 12.2 Å². The first-order chi connectivity index (χ1) is 22.4. The molecule has 1 fully saturated rings. The van der Waals surface area contributed by atoms with E-state index in [4.69, 9.17) is 30.5 Å². The number of hydrogen-bond donors (Lipinski definition) is 3. The molecular weight excluding hydrogens is 636 g/mol. The predicted molar refractivity (Wildman–Crippen MR) is 171 cm³/mol. The average molecular weight is 681 g/mol. The highest BCUT2D eigenvalue weighted by Gasteiger charge is 2.53. The summed E-state index contributed by atoms with van der Waals surface area (Å²) in [5.74, 6) is -3.32. The van der Waals surface area contributed by atoms with Crippen LogP contribution in [0.3, 0.4) is 0 Å². The summed E-state index contributed by atoms with van der Waals surface area (Å²) in [5.41, 5.74) is 0.635. The summed E-state index contributed by atoms with van der Waals surface area (Å²) < 4.78 is 22.0. The number of hydrogen-bond acceptors (Lipinski definition) is 11. The highest BCUT2D eigenvalue weighted by molar-refractivity contribution is 6.22. The van der Waals surface area contributed by atoms with Crippen LogP contribution in [0, 0.1) is 0 Å². The van der Waals surface area contributed by atoms with Crippen molar-refractivity contribution in [1.29, 1.82) is 0 Å². The van der Waals surface area contributed by atoms with E-state index in [0.29, 0.717) is 31.3 Å². The number of rotatable bonds is 13. The molecule has 0 spiro atoms. The molecule has 3 N–H and O–H groups in total. The molecule has 2 rings (SSSR count). The van der Waals surface area contributed by atoms with Gasteiger partial charge in [-0.25, -0.2) is 9.59 Å². The van der Waals surface area contributed by atoms with Crippen LogP contribution in [-0.4, -0.2) is 83.4 Å². The Kier molecular flexibility index (Phi) is 17.7. The number of unbranched alkanes of at least 4 members (excludes halogenated alkanes) is 4. The van der Waals surface area contributed by atoms with Gasteiger partial charge in [0.2, 0.25) is 5.91 Å². The van der Waals surface area contributed by atoms with E-state index in [2.05, 4.69) is 12.2 Å². The topological polar surface area (TPSA) is 187 Å². The van der Waals surface area contributed by atoms with Crippen molar-refractivity contribution in [2.75, 3.05) is 6.61 Å². The zero-order valence-corrected chi connectivity index (χ0v) is 27.7. The molecule has 47 heavy (non-hydrogen) atoms.